The van der Waals surface area contributed by atoms with Crippen LogP contribution >= 0.6 is 0 Å². The highest BCUT2D eigenvalue weighted by Gasteiger charge is 2.30. The molecule has 1 saturated heterocycles. The Morgan fingerprint density at radius 1 is 1.54 bits per heavy atom. The second-order valence-electron chi connectivity index (χ2n) is 4.45. The zero-order chi connectivity index (χ0) is 10.1. The zero-order valence-electron chi connectivity index (χ0n) is 8.46. The highest BCUT2D eigenvalue weighted by atomic mass is 16.4. The maximum absolute atomic E-state index is 10.9. The molecule has 0 aromatic carbocycles. The lowest BCUT2D eigenvalue weighted by molar-refractivity contribution is -0.273. The van der Waals surface area contributed by atoms with Gasteiger partial charge in [-0.05, 0) is 33.7 Å². The number of amides is 1. The van der Waals surface area contributed by atoms with E-state index in [1.807, 2.05) is 20.8 Å². The zero-order valence-corrected chi connectivity index (χ0v) is 8.46. The van der Waals surface area contributed by atoms with E-state index in [1.165, 1.54) is 4.90 Å². The van der Waals surface area contributed by atoms with E-state index in [2.05, 4.69) is 5.32 Å². The molecule has 0 saturated carbocycles. The van der Waals surface area contributed by atoms with E-state index >= 15 is 0 Å². The first-order chi connectivity index (χ1) is 5.93. The van der Waals surface area contributed by atoms with Gasteiger partial charge in [0, 0.05) is 18.1 Å². The van der Waals surface area contributed by atoms with Gasteiger partial charge >= 0.3 is 0 Å². The van der Waals surface area contributed by atoms with Crippen LogP contribution < -0.4 is 10.4 Å². The minimum Gasteiger partial charge on any atom is -0.530 e. The van der Waals surface area contributed by atoms with Gasteiger partial charge in [0.25, 0.3) is 0 Å². The van der Waals surface area contributed by atoms with Crippen molar-refractivity contribution in [2.75, 3.05) is 13.1 Å². The molecule has 1 rings (SSSR count). The molecule has 0 spiro atoms. The topological polar surface area (TPSA) is 55.4 Å². The van der Waals surface area contributed by atoms with Gasteiger partial charge in [0.2, 0.25) is 0 Å². The summed E-state index contributed by atoms with van der Waals surface area (Å²) in [6, 6.07) is 0.0741. The van der Waals surface area contributed by atoms with Crippen LogP contribution in [0.15, 0.2) is 0 Å². The lowest BCUT2D eigenvalue weighted by atomic mass is 10.0. The number of carbonyl (C=O) groups excluding carboxylic acids is 1. The molecular formula is C9H17N2O2-. The molecule has 0 bridgehead atoms. The molecule has 4 heteroatoms. The predicted molar refractivity (Wildman–Crippen MR) is 48.3 cm³/mol. The average Bonchev–Trinajstić information content (AvgIpc) is 2.34. The fourth-order valence-corrected chi connectivity index (χ4v) is 1.83. The first kappa shape index (κ1) is 10.3. The molecule has 1 heterocycles. The van der Waals surface area contributed by atoms with Gasteiger partial charge in [0.15, 0.2) is 0 Å². The summed E-state index contributed by atoms with van der Waals surface area (Å²) in [5, 5.41) is 14.1. The van der Waals surface area contributed by atoms with E-state index < -0.39 is 6.09 Å². The molecule has 0 aromatic rings. The summed E-state index contributed by atoms with van der Waals surface area (Å²) in [6.45, 7) is 7.30. The summed E-state index contributed by atoms with van der Waals surface area (Å²) in [7, 11) is 0. The number of carbonyl (C=O) groups is 1. The molecular weight excluding hydrogens is 168 g/mol. The third kappa shape index (κ3) is 2.34. The summed E-state index contributed by atoms with van der Waals surface area (Å²) >= 11 is 0. The third-order valence-electron chi connectivity index (χ3n) is 2.32. The number of carboxylic acid groups (broad SMARTS) is 1. The first-order valence-electron chi connectivity index (χ1n) is 4.64. The third-order valence-corrected chi connectivity index (χ3v) is 2.32. The van der Waals surface area contributed by atoms with E-state index in [4.69, 9.17) is 0 Å². The molecule has 1 N–H and O–H groups in total. The molecule has 1 atom stereocenters. The maximum Gasteiger partial charge on any atom is 0.137 e. The molecule has 1 aliphatic rings. The standard InChI is InChI=1S/C9H18N2O2/c1-9(2,3)11(8(12)13)7-4-5-10-6-7/h7,10H,4-6H2,1-3H3,(H,12,13)/p-1/t7-/m0/s1. The van der Waals surface area contributed by atoms with Crippen molar-refractivity contribution in [1.29, 1.82) is 0 Å². The molecule has 4 nitrogen and oxygen atoms in total. The summed E-state index contributed by atoms with van der Waals surface area (Å²) in [6.07, 6.45) is -0.188. The van der Waals surface area contributed by atoms with E-state index in [9.17, 15) is 9.90 Å². The van der Waals surface area contributed by atoms with Crippen molar-refractivity contribution in [3.8, 4) is 0 Å². The van der Waals surface area contributed by atoms with Crippen LogP contribution in [-0.4, -0.2) is 35.7 Å². The normalized spacial score (nSPS) is 23.2. The van der Waals surface area contributed by atoms with Crippen LogP contribution in [-0.2, 0) is 0 Å². The van der Waals surface area contributed by atoms with Crippen molar-refractivity contribution in [1.82, 2.24) is 10.2 Å². The molecule has 76 valence electrons. The first-order valence-corrected chi connectivity index (χ1v) is 4.64. The summed E-state index contributed by atoms with van der Waals surface area (Å²) in [5.41, 5.74) is -0.366. The second kappa shape index (κ2) is 3.54. The predicted octanol–water partition coefficient (Wildman–Crippen LogP) is -0.208. The highest BCUT2D eigenvalue weighted by Crippen LogP contribution is 2.19. The fourth-order valence-electron chi connectivity index (χ4n) is 1.83. The molecule has 1 amide bonds. The minimum atomic E-state index is -1.07. The van der Waals surface area contributed by atoms with Gasteiger partial charge in [-0.3, -0.25) is 0 Å². The Morgan fingerprint density at radius 3 is 2.46 bits per heavy atom. The quantitative estimate of drug-likeness (QED) is 0.615. The SMILES string of the molecule is CC(C)(C)N(C(=O)[O-])[C@H]1CCNC1. The maximum atomic E-state index is 10.9. The molecule has 1 aliphatic heterocycles. The molecule has 0 radical (unpaired) electrons. The molecule has 0 aliphatic carbocycles. The van der Waals surface area contributed by atoms with Crippen molar-refractivity contribution in [2.24, 2.45) is 0 Å². The molecule has 0 unspecified atom stereocenters. The number of nitrogens with one attached hydrogen (secondary N) is 1. The largest absolute Gasteiger partial charge is 0.530 e. The van der Waals surface area contributed by atoms with Crippen LogP contribution in [0.4, 0.5) is 4.79 Å². The van der Waals surface area contributed by atoms with Gasteiger partial charge in [-0.15, -0.1) is 0 Å². The summed E-state index contributed by atoms with van der Waals surface area (Å²) < 4.78 is 0. The van der Waals surface area contributed by atoms with E-state index in [-0.39, 0.29) is 11.6 Å². The van der Waals surface area contributed by atoms with Gasteiger partial charge in [-0.2, -0.15) is 0 Å². The van der Waals surface area contributed by atoms with Gasteiger partial charge in [0.05, 0.1) is 0 Å². The van der Waals surface area contributed by atoms with Crippen molar-refractivity contribution in [2.45, 2.75) is 38.8 Å². The number of hydrogen-bond acceptors (Lipinski definition) is 3. The van der Waals surface area contributed by atoms with Gasteiger partial charge < -0.3 is 20.1 Å². The Bertz CT molecular complexity index is 192. The lowest BCUT2D eigenvalue weighted by Gasteiger charge is -2.42. The summed E-state index contributed by atoms with van der Waals surface area (Å²) in [4.78, 5) is 12.4. The van der Waals surface area contributed by atoms with Crippen LogP contribution in [0.5, 0.6) is 0 Å². The average molecular weight is 185 g/mol. The minimum absolute atomic E-state index is 0.0741. The Labute approximate surface area is 78.9 Å². The van der Waals surface area contributed by atoms with E-state index in [0.29, 0.717) is 0 Å². The van der Waals surface area contributed by atoms with Crippen LogP contribution in [0, 0.1) is 0 Å². The fraction of sp³-hybridized carbons (Fsp3) is 0.889. The number of rotatable bonds is 1. The Kier molecular flexibility index (Phi) is 2.81. The van der Waals surface area contributed by atoms with Crippen molar-refractivity contribution in [3.05, 3.63) is 0 Å². The Hall–Kier alpha value is -0.770. The van der Waals surface area contributed by atoms with Gasteiger partial charge in [-0.25, -0.2) is 0 Å². The smallest absolute Gasteiger partial charge is 0.137 e. The van der Waals surface area contributed by atoms with E-state index in [0.717, 1.165) is 19.5 Å². The van der Waals surface area contributed by atoms with Gasteiger partial charge in [-0.1, -0.05) is 0 Å². The monoisotopic (exact) mass is 185 g/mol. The Morgan fingerprint density at radius 2 is 2.15 bits per heavy atom. The van der Waals surface area contributed by atoms with Crippen molar-refractivity contribution >= 4 is 6.09 Å². The molecule has 0 aromatic heterocycles. The van der Waals surface area contributed by atoms with E-state index in [1.54, 1.807) is 0 Å². The second-order valence-corrected chi connectivity index (χ2v) is 4.45. The highest BCUT2D eigenvalue weighted by molar-refractivity contribution is 5.64. The van der Waals surface area contributed by atoms with Crippen molar-refractivity contribution in [3.63, 3.8) is 0 Å². The van der Waals surface area contributed by atoms with Gasteiger partial charge in [0.1, 0.15) is 6.09 Å². The van der Waals surface area contributed by atoms with Crippen molar-refractivity contribution < 1.29 is 9.90 Å². The van der Waals surface area contributed by atoms with Crippen LogP contribution in [0.25, 0.3) is 0 Å². The lowest BCUT2D eigenvalue weighted by Crippen LogP contribution is -2.57. The summed E-state index contributed by atoms with van der Waals surface area (Å²) in [5.74, 6) is 0. The van der Waals surface area contributed by atoms with Crippen LogP contribution in [0.2, 0.25) is 0 Å². The molecule has 13 heavy (non-hydrogen) atoms. The number of hydrogen-bond donors (Lipinski definition) is 1. The van der Waals surface area contributed by atoms with Crippen LogP contribution in [0.3, 0.4) is 0 Å². The molecule has 1 fully saturated rings. The Balaban J connectivity index is 2.72. The van der Waals surface area contributed by atoms with Crippen LogP contribution in [0.1, 0.15) is 27.2 Å². The number of nitrogens with zero attached hydrogens (tertiary/aromatic N) is 1.